The molecule has 96 valence electrons. The lowest BCUT2D eigenvalue weighted by molar-refractivity contribution is 0.498. The van der Waals surface area contributed by atoms with Gasteiger partial charge in [-0.15, -0.1) is 11.8 Å². The predicted octanol–water partition coefficient (Wildman–Crippen LogP) is 4.73. The number of benzene rings is 1. The lowest BCUT2D eigenvalue weighted by Crippen LogP contribution is -2.34. The van der Waals surface area contributed by atoms with Crippen LogP contribution in [0.25, 0.3) is 0 Å². The van der Waals surface area contributed by atoms with Crippen LogP contribution in [-0.4, -0.2) is 11.3 Å². The van der Waals surface area contributed by atoms with Gasteiger partial charge in [0.25, 0.3) is 0 Å². The summed E-state index contributed by atoms with van der Waals surface area (Å²) in [5, 5.41) is 0.790. The first-order chi connectivity index (χ1) is 8.15. The molecule has 0 amide bonds. The molecule has 1 aromatic rings. The molecule has 17 heavy (non-hydrogen) atoms. The predicted molar refractivity (Wildman–Crippen MR) is 78.9 cm³/mol. The Kier molecular flexibility index (Phi) is 6.39. The van der Waals surface area contributed by atoms with E-state index in [9.17, 15) is 0 Å². The number of hydrogen-bond donors (Lipinski definition) is 1. The van der Waals surface area contributed by atoms with E-state index in [-0.39, 0.29) is 4.75 Å². The molecular formula is C14H22ClNS. The van der Waals surface area contributed by atoms with Gasteiger partial charge in [0.1, 0.15) is 0 Å². The molecule has 0 aliphatic heterocycles. The maximum atomic E-state index is 6.01. The lowest BCUT2D eigenvalue weighted by atomic mass is 9.97. The van der Waals surface area contributed by atoms with E-state index in [1.54, 1.807) is 0 Å². The highest BCUT2D eigenvalue weighted by Gasteiger charge is 2.27. The third kappa shape index (κ3) is 4.53. The molecule has 3 heteroatoms. The summed E-state index contributed by atoms with van der Waals surface area (Å²) in [5.41, 5.74) is 6.01. The summed E-state index contributed by atoms with van der Waals surface area (Å²) in [6, 6.07) is 8.07. The van der Waals surface area contributed by atoms with Crippen LogP contribution in [0.2, 0.25) is 5.02 Å². The quantitative estimate of drug-likeness (QED) is 0.726. The van der Waals surface area contributed by atoms with Gasteiger partial charge >= 0.3 is 0 Å². The van der Waals surface area contributed by atoms with E-state index in [4.69, 9.17) is 17.3 Å². The minimum atomic E-state index is 0.192. The summed E-state index contributed by atoms with van der Waals surface area (Å²) in [5.74, 6) is 0. The van der Waals surface area contributed by atoms with Crippen LogP contribution in [0.5, 0.6) is 0 Å². The fourth-order valence-corrected chi connectivity index (χ4v) is 3.73. The smallest absolute Gasteiger partial charge is 0.0406 e. The molecule has 0 saturated carbocycles. The highest BCUT2D eigenvalue weighted by Crippen LogP contribution is 2.39. The summed E-state index contributed by atoms with van der Waals surface area (Å²) in [4.78, 5) is 1.27. The van der Waals surface area contributed by atoms with Gasteiger partial charge < -0.3 is 5.73 Å². The average molecular weight is 272 g/mol. The van der Waals surface area contributed by atoms with Crippen LogP contribution in [0.4, 0.5) is 0 Å². The topological polar surface area (TPSA) is 26.0 Å². The molecule has 0 aromatic heterocycles. The zero-order valence-corrected chi connectivity index (χ0v) is 12.3. The van der Waals surface area contributed by atoms with Crippen molar-refractivity contribution in [2.75, 3.05) is 6.54 Å². The first-order valence-electron chi connectivity index (χ1n) is 6.30. The van der Waals surface area contributed by atoms with E-state index in [1.165, 1.54) is 30.6 Å². The SMILES string of the molecule is CCCC(CN)(CCC)Sc1ccc(Cl)cc1. The Morgan fingerprint density at radius 3 is 2.06 bits per heavy atom. The van der Waals surface area contributed by atoms with Gasteiger partial charge in [0.05, 0.1) is 0 Å². The van der Waals surface area contributed by atoms with Gasteiger partial charge in [-0.3, -0.25) is 0 Å². The summed E-state index contributed by atoms with van der Waals surface area (Å²) < 4.78 is 0.192. The third-order valence-electron chi connectivity index (χ3n) is 2.93. The normalized spacial score (nSPS) is 11.8. The molecule has 0 aliphatic carbocycles. The van der Waals surface area contributed by atoms with Crippen molar-refractivity contribution < 1.29 is 0 Å². The van der Waals surface area contributed by atoms with Crippen LogP contribution < -0.4 is 5.73 Å². The molecule has 0 fully saturated rings. The van der Waals surface area contributed by atoms with Crippen molar-refractivity contribution >= 4 is 23.4 Å². The summed E-state index contributed by atoms with van der Waals surface area (Å²) in [6.07, 6.45) is 4.70. The molecule has 0 radical (unpaired) electrons. The van der Waals surface area contributed by atoms with Crippen molar-refractivity contribution in [2.45, 2.75) is 49.2 Å². The highest BCUT2D eigenvalue weighted by atomic mass is 35.5. The van der Waals surface area contributed by atoms with Crippen molar-refractivity contribution in [3.63, 3.8) is 0 Å². The van der Waals surface area contributed by atoms with Gasteiger partial charge in [-0.2, -0.15) is 0 Å². The molecule has 0 heterocycles. The second-order valence-electron chi connectivity index (χ2n) is 4.44. The van der Waals surface area contributed by atoms with Crippen molar-refractivity contribution in [3.05, 3.63) is 29.3 Å². The fraction of sp³-hybridized carbons (Fsp3) is 0.571. The Labute approximate surface area is 114 Å². The Bertz CT molecular complexity index is 317. The molecule has 0 aliphatic rings. The van der Waals surface area contributed by atoms with Crippen LogP contribution in [0, 0.1) is 0 Å². The van der Waals surface area contributed by atoms with Gasteiger partial charge in [0.15, 0.2) is 0 Å². The third-order valence-corrected chi connectivity index (χ3v) is 4.70. The molecule has 0 saturated heterocycles. The van der Waals surface area contributed by atoms with E-state index in [0.29, 0.717) is 0 Å². The number of rotatable bonds is 7. The zero-order valence-electron chi connectivity index (χ0n) is 10.7. The van der Waals surface area contributed by atoms with Crippen LogP contribution in [0.1, 0.15) is 39.5 Å². The number of halogens is 1. The van der Waals surface area contributed by atoms with E-state index >= 15 is 0 Å². The summed E-state index contributed by atoms with van der Waals surface area (Å²) in [6.45, 7) is 5.19. The first-order valence-corrected chi connectivity index (χ1v) is 7.50. The molecule has 1 aromatic carbocycles. The standard InChI is InChI=1S/C14H22ClNS/c1-3-9-14(11-16,10-4-2)17-13-7-5-12(15)6-8-13/h5-8H,3-4,9-11,16H2,1-2H3. The zero-order chi connectivity index (χ0) is 12.7. The molecular weight excluding hydrogens is 250 g/mol. The Morgan fingerprint density at radius 2 is 1.65 bits per heavy atom. The highest BCUT2D eigenvalue weighted by molar-refractivity contribution is 8.00. The van der Waals surface area contributed by atoms with E-state index in [2.05, 4.69) is 26.0 Å². The van der Waals surface area contributed by atoms with Crippen molar-refractivity contribution in [3.8, 4) is 0 Å². The van der Waals surface area contributed by atoms with Gasteiger partial charge in [0, 0.05) is 21.2 Å². The first kappa shape index (κ1) is 14.9. The van der Waals surface area contributed by atoms with Crippen LogP contribution >= 0.6 is 23.4 Å². The van der Waals surface area contributed by atoms with E-state index in [1.807, 2.05) is 23.9 Å². The Morgan fingerprint density at radius 1 is 1.12 bits per heavy atom. The number of nitrogens with two attached hydrogens (primary N) is 1. The van der Waals surface area contributed by atoms with Gasteiger partial charge in [0.2, 0.25) is 0 Å². The van der Waals surface area contributed by atoms with Gasteiger partial charge in [-0.05, 0) is 37.1 Å². The number of hydrogen-bond acceptors (Lipinski definition) is 2. The van der Waals surface area contributed by atoms with Crippen molar-refractivity contribution in [1.29, 1.82) is 0 Å². The van der Waals surface area contributed by atoms with E-state index < -0.39 is 0 Å². The van der Waals surface area contributed by atoms with Gasteiger partial charge in [-0.1, -0.05) is 38.3 Å². The average Bonchev–Trinajstić information content (AvgIpc) is 2.33. The van der Waals surface area contributed by atoms with Crippen LogP contribution in [0.15, 0.2) is 29.2 Å². The molecule has 1 nitrogen and oxygen atoms in total. The van der Waals surface area contributed by atoms with Crippen LogP contribution in [-0.2, 0) is 0 Å². The van der Waals surface area contributed by atoms with E-state index in [0.717, 1.165) is 11.6 Å². The monoisotopic (exact) mass is 271 g/mol. The van der Waals surface area contributed by atoms with Crippen molar-refractivity contribution in [1.82, 2.24) is 0 Å². The Hall–Kier alpha value is -0.180. The minimum absolute atomic E-state index is 0.192. The molecule has 2 N–H and O–H groups in total. The fourth-order valence-electron chi connectivity index (χ4n) is 2.14. The molecule has 0 bridgehead atoms. The number of thioether (sulfide) groups is 1. The van der Waals surface area contributed by atoms with Crippen LogP contribution in [0.3, 0.4) is 0 Å². The Balaban J connectivity index is 2.80. The minimum Gasteiger partial charge on any atom is -0.329 e. The maximum absolute atomic E-state index is 6.01. The maximum Gasteiger partial charge on any atom is 0.0406 e. The second kappa shape index (κ2) is 7.30. The van der Waals surface area contributed by atoms with Crippen molar-refractivity contribution in [2.24, 2.45) is 5.73 Å². The summed E-state index contributed by atoms with van der Waals surface area (Å²) >= 11 is 7.82. The van der Waals surface area contributed by atoms with Gasteiger partial charge in [-0.25, -0.2) is 0 Å². The lowest BCUT2D eigenvalue weighted by Gasteiger charge is -2.31. The molecule has 0 atom stereocenters. The molecule has 0 unspecified atom stereocenters. The summed E-state index contributed by atoms with van der Waals surface area (Å²) in [7, 11) is 0. The largest absolute Gasteiger partial charge is 0.329 e. The second-order valence-corrected chi connectivity index (χ2v) is 6.42. The molecule has 0 spiro atoms. The molecule has 1 rings (SSSR count).